The Morgan fingerprint density at radius 1 is 1.50 bits per heavy atom. The number of hydrogen-bond donors (Lipinski definition) is 1. The molecule has 2 rings (SSSR count). The van der Waals surface area contributed by atoms with Crippen LogP contribution in [0.2, 0.25) is 0 Å². The molecule has 1 fully saturated rings. The van der Waals surface area contributed by atoms with E-state index >= 15 is 0 Å². The highest BCUT2D eigenvalue weighted by Crippen LogP contribution is 2.26. The summed E-state index contributed by atoms with van der Waals surface area (Å²) in [6, 6.07) is 6.43. The first kappa shape index (κ1) is 14.0. The summed E-state index contributed by atoms with van der Waals surface area (Å²) in [5.41, 5.74) is 0. The van der Waals surface area contributed by atoms with Crippen LogP contribution < -0.4 is 5.32 Å². The lowest BCUT2D eigenvalue weighted by atomic mass is 9.86. The molecule has 1 saturated heterocycles. The maximum absolute atomic E-state index is 3.46. The van der Waals surface area contributed by atoms with Gasteiger partial charge in [0, 0.05) is 29.5 Å². The van der Waals surface area contributed by atoms with Gasteiger partial charge in [0.1, 0.15) is 0 Å². The molecular weight excluding hydrogens is 240 g/mol. The molecule has 102 valence electrons. The van der Waals surface area contributed by atoms with Crippen molar-refractivity contribution in [3.8, 4) is 0 Å². The third-order valence-corrected chi connectivity index (χ3v) is 5.53. The SMILES string of the molecule is CNC1CCN(C(C)Cc2cccs2)C(C)C1C. The summed E-state index contributed by atoms with van der Waals surface area (Å²) in [5.74, 6) is 0.731. The monoisotopic (exact) mass is 266 g/mol. The summed E-state index contributed by atoms with van der Waals surface area (Å²) in [6.07, 6.45) is 2.47. The topological polar surface area (TPSA) is 15.3 Å². The van der Waals surface area contributed by atoms with Gasteiger partial charge >= 0.3 is 0 Å². The van der Waals surface area contributed by atoms with Crippen molar-refractivity contribution in [1.29, 1.82) is 0 Å². The van der Waals surface area contributed by atoms with E-state index in [1.807, 2.05) is 11.3 Å². The van der Waals surface area contributed by atoms with Crippen LogP contribution in [0.4, 0.5) is 0 Å². The van der Waals surface area contributed by atoms with Gasteiger partial charge in [-0.1, -0.05) is 13.0 Å². The Labute approximate surface area is 115 Å². The lowest BCUT2D eigenvalue weighted by molar-refractivity contribution is 0.0553. The maximum atomic E-state index is 3.46. The Hall–Kier alpha value is -0.380. The number of rotatable bonds is 4. The number of piperidine rings is 1. The van der Waals surface area contributed by atoms with Crippen LogP contribution in [0.1, 0.15) is 32.1 Å². The average Bonchev–Trinajstić information content (AvgIpc) is 2.85. The van der Waals surface area contributed by atoms with E-state index in [1.165, 1.54) is 24.3 Å². The number of nitrogens with one attached hydrogen (secondary N) is 1. The van der Waals surface area contributed by atoms with E-state index in [0.29, 0.717) is 18.1 Å². The molecule has 3 heteroatoms. The van der Waals surface area contributed by atoms with Crippen molar-refractivity contribution in [2.75, 3.05) is 13.6 Å². The smallest absolute Gasteiger partial charge is 0.0118 e. The van der Waals surface area contributed by atoms with E-state index in [0.717, 1.165) is 5.92 Å². The molecule has 0 spiro atoms. The zero-order valence-electron chi connectivity index (χ0n) is 12.0. The first-order valence-corrected chi connectivity index (χ1v) is 7.96. The Morgan fingerprint density at radius 3 is 2.89 bits per heavy atom. The van der Waals surface area contributed by atoms with Crippen molar-refractivity contribution in [3.63, 3.8) is 0 Å². The minimum Gasteiger partial charge on any atom is -0.317 e. The summed E-state index contributed by atoms with van der Waals surface area (Å²) in [7, 11) is 2.10. The van der Waals surface area contributed by atoms with E-state index < -0.39 is 0 Å². The van der Waals surface area contributed by atoms with Crippen LogP contribution in [0.5, 0.6) is 0 Å². The molecular formula is C15H26N2S. The number of nitrogens with zero attached hydrogens (tertiary/aromatic N) is 1. The predicted molar refractivity (Wildman–Crippen MR) is 80.3 cm³/mol. The fraction of sp³-hybridized carbons (Fsp3) is 0.733. The zero-order valence-corrected chi connectivity index (χ0v) is 12.8. The van der Waals surface area contributed by atoms with E-state index in [-0.39, 0.29) is 0 Å². The van der Waals surface area contributed by atoms with Gasteiger partial charge < -0.3 is 5.32 Å². The Kier molecular flexibility index (Phi) is 4.82. The molecule has 2 nitrogen and oxygen atoms in total. The van der Waals surface area contributed by atoms with Crippen LogP contribution in [-0.4, -0.2) is 36.6 Å². The fourth-order valence-electron chi connectivity index (χ4n) is 3.26. The lowest BCUT2D eigenvalue weighted by Crippen LogP contribution is -2.55. The summed E-state index contributed by atoms with van der Waals surface area (Å²) >= 11 is 1.88. The second-order valence-corrected chi connectivity index (χ2v) is 6.69. The van der Waals surface area contributed by atoms with Crippen molar-refractivity contribution in [1.82, 2.24) is 10.2 Å². The van der Waals surface area contributed by atoms with Crippen LogP contribution in [0, 0.1) is 5.92 Å². The van der Waals surface area contributed by atoms with Gasteiger partial charge in [-0.05, 0) is 51.1 Å². The van der Waals surface area contributed by atoms with Crippen LogP contribution in [-0.2, 0) is 6.42 Å². The van der Waals surface area contributed by atoms with E-state index in [4.69, 9.17) is 0 Å². The van der Waals surface area contributed by atoms with Crippen molar-refractivity contribution in [3.05, 3.63) is 22.4 Å². The first-order valence-electron chi connectivity index (χ1n) is 7.09. The maximum Gasteiger partial charge on any atom is 0.0118 e. The quantitative estimate of drug-likeness (QED) is 0.901. The van der Waals surface area contributed by atoms with Crippen LogP contribution in [0.3, 0.4) is 0 Å². The lowest BCUT2D eigenvalue weighted by Gasteiger charge is -2.45. The highest BCUT2D eigenvalue weighted by atomic mass is 32.1. The highest BCUT2D eigenvalue weighted by Gasteiger charge is 2.33. The third-order valence-electron chi connectivity index (χ3n) is 4.63. The molecule has 18 heavy (non-hydrogen) atoms. The normalized spacial score (nSPS) is 31.4. The molecule has 0 bridgehead atoms. The van der Waals surface area contributed by atoms with Gasteiger partial charge in [0.2, 0.25) is 0 Å². The average molecular weight is 266 g/mol. The molecule has 1 aromatic heterocycles. The van der Waals surface area contributed by atoms with Crippen molar-refractivity contribution >= 4 is 11.3 Å². The molecule has 2 heterocycles. The molecule has 1 aliphatic rings. The van der Waals surface area contributed by atoms with Crippen molar-refractivity contribution in [2.24, 2.45) is 5.92 Å². The highest BCUT2D eigenvalue weighted by molar-refractivity contribution is 7.09. The standard InChI is InChI=1S/C15H26N2S/c1-11(10-14-6-5-9-18-14)17-8-7-15(16-4)12(2)13(17)3/h5-6,9,11-13,15-16H,7-8,10H2,1-4H3. The predicted octanol–water partition coefficient (Wildman–Crippen LogP) is 3.00. The molecule has 0 aromatic carbocycles. The number of thiophene rings is 1. The van der Waals surface area contributed by atoms with Gasteiger partial charge in [-0.15, -0.1) is 11.3 Å². The molecule has 1 N–H and O–H groups in total. The van der Waals surface area contributed by atoms with Crippen molar-refractivity contribution < 1.29 is 0 Å². The second-order valence-electron chi connectivity index (χ2n) is 5.65. The fourth-order valence-corrected chi connectivity index (χ4v) is 4.09. The molecule has 4 atom stereocenters. The van der Waals surface area contributed by atoms with Crippen LogP contribution in [0.15, 0.2) is 17.5 Å². The van der Waals surface area contributed by atoms with Gasteiger partial charge in [-0.2, -0.15) is 0 Å². The van der Waals surface area contributed by atoms with Gasteiger partial charge in [0.25, 0.3) is 0 Å². The van der Waals surface area contributed by atoms with Gasteiger partial charge in [0.15, 0.2) is 0 Å². The molecule has 0 aliphatic carbocycles. The summed E-state index contributed by atoms with van der Waals surface area (Å²) in [5, 5.41) is 5.65. The number of hydrogen-bond acceptors (Lipinski definition) is 3. The van der Waals surface area contributed by atoms with E-state index in [2.05, 4.69) is 55.5 Å². The van der Waals surface area contributed by atoms with Gasteiger partial charge in [-0.3, -0.25) is 4.90 Å². The Bertz CT molecular complexity index is 349. The Balaban J connectivity index is 1.96. The molecule has 1 aromatic rings. The summed E-state index contributed by atoms with van der Waals surface area (Å²) in [6.45, 7) is 8.38. The minimum atomic E-state index is 0.652. The van der Waals surface area contributed by atoms with Crippen LogP contribution in [0.25, 0.3) is 0 Å². The largest absolute Gasteiger partial charge is 0.317 e. The molecule has 1 aliphatic heterocycles. The second kappa shape index (κ2) is 6.18. The van der Waals surface area contributed by atoms with Gasteiger partial charge in [-0.25, -0.2) is 0 Å². The number of likely N-dealkylation sites (tertiary alicyclic amines) is 1. The molecule has 0 saturated carbocycles. The first-order chi connectivity index (χ1) is 8.63. The molecule has 0 amide bonds. The molecule has 4 unspecified atom stereocenters. The minimum absolute atomic E-state index is 0.652. The van der Waals surface area contributed by atoms with E-state index in [1.54, 1.807) is 0 Å². The van der Waals surface area contributed by atoms with E-state index in [9.17, 15) is 0 Å². The Morgan fingerprint density at radius 2 is 2.28 bits per heavy atom. The van der Waals surface area contributed by atoms with Crippen LogP contribution >= 0.6 is 11.3 Å². The van der Waals surface area contributed by atoms with Gasteiger partial charge in [0.05, 0.1) is 0 Å². The van der Waals surface area contributed by atoms with Crippen molar-refractivity contribution in [2.45, 2.75) is 51.7 Å². The summed E-state index contributed by atoms with van der Waals surface area (Å²) < 4.78 is 0. The zero-order chi connectivity index (χ0) is 13.1. The summed E-state index contributed by atoms with van der Waals surface area (Å²) in [4.78, 5) is 4.20. The molecule has 0 radical (unpaired) electrons. The third kappa shape index (κ3) is 2.95.